The van der Waals surface area contributed by atoms with Gasteiger partial charge in [-0.1, -0.05) is 13.8 Å². The molecule has 0 aliphatic rings. The van der Waals surface area contributed by atoms with Crippen LogP contribution in [0.25, 0.3) is 0 Å². The molecular weight excluding hydrogens is 440 g/mol. The van der Waals surface area contributed by atoms with Crippen LogP contribution in [0.15, 0.2) is 42.7 Å². The Labute approximate surface area is 180 Å². The van der Waals surface area contributed by atoms with Crippen molar-refractivity contribution in [3.05, 3.63) is 65.0 Å². The second-order valence-corrected chi connectivity index (χ2v) is 7.33. The molecule has 11 heteroatoms. The van der Waals surface area contributed by atoms with Crippen molar-refractivity contribution in [3.63, 3.8) is 0 Å². The number of hydrogen-bond donors (Lipinski definition) is 1. The maximum Gasteiger partial charge on any atom is 0.416 e. The molecule has 0 saturated heterocycles. The van der Waals surface area contributed by atoms with Gasteiger partial charge in [-0.15, -0.1) is 0 Å². The molecule has 2 amide bonds. The van der Waals surface area contributed by atoms with Crippen LogP contribution in [0.3, 0.4) is 0 Å². The standard InChI is InChI=1S/C21H21F6N3O2/c1-13(2)19(32)30(7-6-29-18(31)15-4-3-5-28-11-15)12-14-8-16(20(22,23)24)10-17(9-14)21(25,26)27/h3-5,8-11,13H,6-7,12H2,1-2H3,(H,29,31). The van der Waals surface area contributed by atoms with Crippen LogP contribution < -0.4 is 5.32 Å². The van der Waals surface area contributed by atoms with Gasteiger partial charge < -0.3 is 10.2 Å². The number of alkyl halides is 6. The van der Waals surface area contributed by atoms with Crippen LogP contribution in [0.2, 0.25) is 0 Å². The van der Waals surface area contributed by atoms with Gasteiger partial charge in [-0.05, 0) is 35.9 Å². The first-order chi connectivity index (χ1) is 14.8. The SMILES string of the molecule is CC(C)C(=O)N(CCNC(=O)c1cccnc1)Cc1cc(C(F)(F)F)cc(C(F)(F)F)c1. The van der Waals surface area contributed by atoms with Gasteiger partial charge in [-0.25, -0.2) is 0 Å². The number of carbonyl (C=O) groups excluding carboxylic acids is 2. The third-order valence-corrected chi connectivity index (χ3v) is 4.42. The van der Waals surface area contributed by atoms with E-state index in [9.17, 15) is 35.9 Å². The Morgan fingerprint density at radius 3 is 2.09 bits per heavy atom. The summed E-state index contributed by atoms with van der Waals surface area (Å²) in [6.07, 6.45) is -7.17. The lowest BCUT2D eigenvalue weighted by molar-refractivity contribution is -0.143. The number of aromatic nitrogens is 1. The maximum atomic E-state index is 13.1. The van der Waals surface area contributed by atoms with Gasteiger partial charge >= 0.3 is 12.4 Å². The van der Waals surface area contributed by atoms with Gasteiger partial charge in [-0.3, -0.25) is 14.6 Å². The Hall–Kier alpha value is -3.11. The summed E-state index contributed by atoms with van der Waals surface area (Å²) in [6, 6.07) is 4.27. The molecule has 1 heterocycles. The van der Waals surface area contributed by atoms with Crippen LogP contribution in [-0.2, 0) is 23.7 Å². The van der Waals surface area contributed by atoms with Crippen molar-refractivity contribution < 1.29 is 35.9 Å². The molecule has 0 spiro atoms. The summed E-state index contributed by atoms with van der Waals surface area (Å²) in [7, 11) is 0. The topological polar surface area (TPSA) is 62.3 Å². The molecule has 1 aromatic carbocycles. The van der Waals surface area contributed by atoms with Crippen LogP contribution in [0.1, 0.15) is 40.9 Å². The lowest BCUT2D eigenvalue weighted by atomic mass is 10.0. The van der Waals surface area contributed by atoms with E-state index in [0.29, 0.717) is 12.1 Å². The van der Waals surface area contributed by atoms with Gasteiger partial charge in [0.1, 0.15) is 0 Å². The second kappa shape index (κ2) is 10.0. The molecule has 1 aromatic heterocycles. The van der Waals surface area contributed by atoms with E-state index in [1.54, 1.807) is 19.9 Å². The Morgan fingerprint density at radius 1 is 1.03 bits per heavy atom. The smallest absolute Gasteiger partial charge is 0.350 e. The van der Waals surface area contributed by atoms with Gasteiger partial charge in [0.25, 0.3) is 5.91 Å². The van der Waals surface area contributed by atoms with E-state index in [0.717, 1.165) is 4.90 Å². The fourth-order valence-corrected chi connectivity index (χ4v) is 2.87. The number of benzene rings is 1. The van der Waals surface area contributed by atoms with Gasteiger partial charge in [0.2, 0.25) is 5.91 Å². The summed E-state index contributed by atoms with van der Waals surface area (Å²) >= 11 is 0. The molecule has 2 rings (SSSR count). The summed E-state index contributed by atoms with van der Waals surface area (Å²) in [5.74, 6) is -1.52. The highest BCUT2D eigenvalue weighted by Gasteiger charge is 2.37. The molecule has 0 radical (unpaired) electrons. The Kier molecular flexibility index (Phi) is 7.87. The summed E-state index contributed by atoms with van der Waals surface area (Å²) in [6.45, 7) is 2.46. The number of nitrogens with zero attached hydrogens (tertiary/aromatic N) is 2. The minimum atomic E-state index is -4.99. The fraction of sp³-hybridized carbons (Fsp3) is 0.381. The van der Waals surface area contributed by atoms with E-state index in [2.05, 4.69) is 10.3 Å². The quantitative estimate of drug-likeness (QED) is 0.617. The summed E-state index contributed by atoms with van der Waals surface area (Å²) in [5, 5.41) is 2.55. The van der Waals surface area contributed by atoms with Gasteiger partial charge in [0, 0.05) is 37.9 Å². The van der Waals surface area contributed by atoms with Crippen LogP contribution >= 0.6 is 0 Å². The molecule has 0 atom stereocenters. The first-order valence-corrected chi connectivity index (χ1v) is 9.54. The van der Waals surface area contributed by atoms with Crippen LogP contribution in [0, 0.1) is 5.92 Å². The molecule has 0 unspecified atom stereocenters. The van der Waals surface area contributed by atoms with E-state index in [1.165, 1.54) is 18.5 Å². The summed E-state index contributed by atoms with van der Waals surface area (Å²) in [4.78, 5) is 29.5. The predicted octanol–water partition coefficient (Wildman–Crippen LogP) is 4.53. The zero-order valence-electron chi connectivity index (χ0n) is 17.2. The minimum absolute atomic E-state index is 0.0340. The van der Waals surface area contributed by atoms with Crippen molar-refractivity contribution >= 4 is 11.8 Å². The van der Waals surface area contributed by atoms with Crippen molar-refractivity contribution in [3.8, 4) is 0 Å². The molecule has 0 saturated carbocycles. The molecule has 5 nitrogen and oxygen atoms in total. The van der Waals surface area contributed by atoms with Crippen molar-refractivity contribution in [1.29, 1.82) is 0 Å². The first-order valence-electron chi connectivity index (χ1n) is 9.54. The van der Waals surface area contributed by atoms with E-state index in [1.807, 2.05) is 0 Å². The molecular formula is C21H21F6N3O2. The molecule has 174 valence electrons. The Balaban J connectivity index is 2.23. The largest absolute Gasteiger partial charge is 0.416 e. The molecule has 0 fully saturated rings. The number of halogens is 6. The van der Waals surface area contributed by atoms with Crippen molar-refractivity contribution in [2.24, 2.45) is 5.92 Å². The van der Waals surface area contributed by atoms with Crippen LogP contribution in [0.4, 0.5) is 26.3 Å². The third kappa shape index (κ3) is 6.96. The highest BCUT2D eigenvalue weighted by atomic mass is 19.4. The lowest BCUT2D eigenvalue weighted by Crippen LogP contribution is -2.40. The number of pyridine rings is 1. The van der Waals surface area contributed by atoms with Gasteiger partial charge in [-0.2, -0.15) is 26.3 Å². The Bertz CT molecular complexity index is 911. The van der Waals surface area contributed by atoms with Crippen LogP contribution in [-0.4, -0.2) is 34.8 Å². The number of amides is 2. The second-order valence-electron chi connectivity index (χ2n) is 7.33. The first kappa shape index (κ1) is 25.2. The molecule has 0 aliphatic carbocycles. The van der Waals surface area contributed by atoms with Gasteiger partial charge in [0.15, 0.2) is 0 Å². The summed E-state index contributed by atoms with van der Waals surface area (Å²) < 4.78 is 78.7. The Morgan fingerprint density at radius 2 is 1.62 bits per heavy atom. The number of hydrogen-bond acceptors (Lipinski definition) is 3. The molecule has 1 N–H and O–H groups in total. The predicted molar refractivity (Wildman–Crippen MR) is 103 cm³/mol. The zero-order valence-corrected chi connectivity index (χ0v) is 17.2. The fourth-order valence-electron chi connectivity index (χ4n) is 2.87. The third-order valence-electron chi connectivity index (χ3n) is 4.42. The molecule has 0 bridgehead atoms. The maximum absolute atomic E-state index is 13.1. The van der Waals surface area contributed by atoms with Crippen molar-refractivity contribution in [1.82, 2.24) is 15.2 Å². The van der Waals surface area contributed by atoms with E-state index in [-0.39, 0.29) is 30.3 Å². The normalized spacial score (nSPS) is 12.0. The lowest BCUT2D eigenvalue weighted by Gasteiger charge is -2.26. The molecule has 2 aromatic rings. The van der Waals surface area contributed by atoms with E-state index >= 15 is 0 Å². The zero-order chi connectivity index (χ0) is 24.1. The summed E-state index contributed by atoms with van der Waals surface area (Å²) in [5.41, 5.74) is -2.96. The average Bonchev–Trinajstić information content (AvgIpc) is 2.71. The molecule has 0 aliphatic heterocycles. The minimum Gasteiger partial charge on any atom is -0.350 e. The molecule has 32 heavy (non-hydrogen) atoms. The van der Waals surface area contributed by atoms with Crippen LogP contribution in [0.5, 0.6) is 0 Å². The van der Waals surface area contributed by atoms with Crippen molar-refractivity contribution in [2.45, 2.75) is 32.7 Å². The highest BCUT2D eigenvalue weighted by molar-refractivity contribution is 5.93. The van der Waals surface area contributed by atoms with Crippen molar-refractivity contribution in [2.75, 3.05) is 13.1 Å². The van der Waals surface area contributed by atoms with Gasteiger partial charge in [0.05, 0.1) is 16.7 Å². The number of carbonyl (C=O) groups is 2. The highest BCUT2D eigenvalue weighted by Crippen LogP contribution is 2.36. The average molecular weight is 461 g/mol. The van der Waals surface area contributed by atoms with E-state index in [4.69, 9.17) is 0 Å². The number of nitrogens with one attached hydrogen (secondary N) is 1. The van der Waals surface area contributed by atoms with E-state index < -0.39 is 47.8 Å². The monoisotopic (exact) mass is 461 g/mol. The number of rotatable bonds is 7.